The Bertz CT molecular complexity index is 2840. The SMILES string of the molecule is CC(C)(C)c1cc(N(c2cc(C(C)(C)C)cc(C(C)(C)C)c2)c2ccc3ccc4c(-n5c6ccccc6c6ccccc65)ccc5ccc2c3c54)cc(C(C)(C)C)c1. The maximum absolute atomic E-state index is 2.58. The fourth-order valence-electron chi connectivity index (χ4n) is 8.98. The van der Waals surface area contributed by atoms with Gasteiger partial charge in [0.25, 0.3) is 0 Å². The predicted octanol–water partition coefficient (Wildman–Crippen LogP) is 16.3. The lowest BCUT2D eigenvalue weighted by molar-refractivity contribution is 0.568. The average molecular weight is 759 g/mol. The van der Waals surface area contributed by atoms with Gasteiger partial charge in [-0.1, -0.05) is 168 Å². The number of hydrogen-bond acceptors (Lipinski definition) is 1. The van der Waals surface area contributed by atoms with Crippen LogP contribution in [0.2, 0.25) is 0 Å². The van der Waals surface area contributed by atoms with Gasteiger partial charge < -0.3 is 9.47 Å². The van der Waals surface area contributed by atoms with Gasteiger partial charge in [-0.2, -0.15) is 0 Å². The van der Waals surface area contributed by atoms with Crippen molar-refractivity contribution in [3.8, 4) is 5.69 Å². The topological polar surface area (TPSA) is 8.17 Å². The standard InChI is InChI=1S/C56H58N2/c1-53(2,3)37-29-38(54(4,5)6)32-41(31-37)57(42-33-39(55(7,8)9)30-40(34-42)56(10,11)12)49-27-23-35-22-26-46-50(28-24-36-21-25-45(49)51(35)52(36)46)58-47-19-15-13-17-43(47)44-18-14-16-20-48(44)58/h13-34H,1-12H3. The molecule has 0 bridgehead atoms. The van der Waals surface area contributed by atoms with Crippen molar-refractivity contribution in [1.29, 1.82) is 0 Å². The van der Waals surface area contributed by atoms with Crippen molar-refractivity contribution in [2.24, 2.45) is 0 Å². The summed E-state index contributed by atoms with van der Waals surface area (Å²) in [5.41, 5.74) is 12.5. The van der Waals surface area contributed by atoms with Crippen molar-refractivity contribution >= 4 is 71.2 Å². The molecular formula is C56H58N2. The van der Waals surface area contributed by atoms with Crippen LogP contribution in [0.4, 0.5) is 17.1 Å². The summed E-state index contributed by atoms with van der Waals surface area (Å²) in [4.78, 5) is 2.58. The molecule has 9 aromatic rings. The fraction of sp³-hybridized carbons (Fsp3) is 0.286. The zero-order valence-corrected chi connectivity index (χ0v) is 36.6. The molecule has 0 spiro atoms. The van der Waals surface area contributed by atoms with Crippen LogP contribution in [-0.2, 0) is 21.7 Å². The van der Waals surface area contributed by atoms with E-state index in [0.717, 1.165) is 0 Å². The maximum Gasteiger partial charge on any atom is 0.0541 e. The lowest BCUT2D eigenvalue weighted by Crippen LogP contribution is -2.21. The zero-order chi connectivity index (χ0) is 41.1. The molecule has 0 aliphatic rings. The monoisotopic (exact) mass is 758 g/mol. The minimum Gasteiger partial charge on any atom is -0.310 e. The van der Waals surface area contributed by atoms with E-state index in [-0.39, 0.29) is 21.7 Å². The second-order valence-corrected chi connectivity index (χ2v) is 20.8. The largest absolute Gasteiger partial charge is 0.310 e. The van der Waals surface area contributed by atoms with E-state index in [1.807, 2.05) is 0 Å². The molecule has 2 nitrogen and oxygen atoms in total. The van der Waals surface area contributed by atoms with Crippen LogP contribution in [-0.4, -0.2) is 4.57 Å². The Hall–Kier alpha value is -5.60. The van der Waals surface area contributed by atoms with Crippen LogP contribution in [0, 0.1) is 0 Å². The van der Waals surface area contributed by atoms with Gasteiger partial charge in [0.1, 0.15) is 0 Å². The van der Waals surface area contributed by atoms with Crippen LogP contribution in [0.1, 0.15) is 105 Å². The summed E-state index contributed by atoms with van der Waals surface area (Å²) in [5, 5.41) is 10.2. The smallest absolute Gasteiger partial charge is 0.0541 e. The molecule has 0 aliphatic carbocycles. The first-order chi connectivity index (χ1) is 27.3. The van der Waals surface area contributed by atoms with Crippen molar-refractivity contribution in [2.45, 2.75) is 105 Å². The molecule has 0 saturated heterocycles. The Morgan fingerprint density at radius 2 is 0.741 bits per heavy atom. The van der Waals surface area contributed by atoms with E-state index in [1.165, 1.54) is 99.1 Å². The molecule has 292 valence electrons. The molecule has 2 heteroatoms. The quantitative estimate of drug-likeness (QED) is 0.162. The molecule has 58 heavy (non-hydrogen) atoms. The Morgan fingerprint density at radius 3 is 1.19 bits per heavy atom. The van der Waals surface area contributed by atoms with E-state index in [4.69, 9.17) is 0 Å². The molecule has 8 aromatic carbocycles. The van der Waals surface area contributed by atoms with E-state index in [2.05, 4.69) is 226 Å². The molecule has 0 radical (unpaired) electrons. The van der Waals surface area contributed by atoms with E-state index < -0.39 is 0 Å². The molecular weight excluding hydrogens is 701 g/mol. The zero-order valence-electron chi connectivity index (χ0n) is 36.6. The number of anilines is 3. The van der Waals surface area contributed by atoms with Crippen LogP contribution < -0.4 is 4.90 Å². The highest BCUT2D eigenvalue weighted by molar-refractivity contribution is 6.27. The highest BCUT2D eigenvalue weighted by Gasteiger charge is 2.28. The molecule has 1 heterocycles. The van der Waals surface area contributed by atoms with Gasteiger partial charge in [0.2, 0.25) is 0 Å². The molecule has 0 atom stereocenters. The van der Waals surface area contributed by atoms with E-state index >= 15 is 0 Å². The normalized spacial score (nSPS) is 13.2. The second-order valence-electron chi connectivity index (χ2n) is 20.8. The highest BCUT2D eigenvalue weighted by atomic mass is 15.1. The minimum atomic E-state index is -0.0304. The first-order valence-electron chi connectivity index (χ1n) is 21.1. The van der Waals surface area contributed by atoms with Gasteiger partial charge in [-0.05, 0) is 114 Å². The highest BCUT2D eigenvalue weighted by Crippen LogP contribution is 2.48. The molecule has 0 N–H and O–H groups in total. The van der Waals surface area contributed by atoms with E-state index in [9.17, 15) is 0 Å². The van der Waals surface area contributed by atoms with Crippen LogP contribution in [0.3, 0.4) is 0 Å². The minimum absolute atomic E-state index is 0.0304. The van der Waals surface area contributed by atoms with Crippen molar-refractivity contribution < 1.29 is 0 Å². The van der Waals surface area contributed by atoms with Gasteiger partial charge in [-0.15, -0.1) is 0 Å². The third-order valence-electron chi connectivity index (χ3n) is 12.5. The molecule has 0 saturated carbocycles. The second kappa shape index (κ2) is 13.0. The van der Waals surface area contributed by atoms with Crippen molar-refractivity contribution in [3.05, 3.63) is 156 Å². The third kappa shape index (κ3) is 6.24. The van der Waals surface area contributed by atoms with E-state index in [1.54, 1.807) is 0 Å². The Balaban J connectivity index is 1.39. The third-order valence-corrected chi connectivity index (χ3v) is 12.5. The number of rotatable bonds is 4. The van der Waals surface area contributed by atoms with Crippen LogP contribution >= 0.6 is 0 Å². The number of nitrogens with zero attached hydrogens (tertiary/aromatic N) is 2. The predicted molar refractivity (Wildman–Crippen MR) is 254 cm³/mol. The lowest BCUT2D eigenvalue weighted by atomic mass is 9.79. The van der Waals surface area contributed by atoms with Crippen LogP contribution in [0.15, 0.2) is 133 Å². The van der Waals surface area contributed by atoms with Crippen molar-refractivity contribution in [2.75, 3.05) is 4.90 Å². The summed E-state index contributed by atoms with van der Waals surface area (Å²) in [7, 11) is 0. The van der Waals surface area contributed by atoms with Crippen molar-refractivity contribution in [1.82, 2.24) is 4.57 Å². The van der Waals surface area contributed by atoms with Gasteiger partial charge in [-0.3, -0.25) is 0 Å². The first kappa shape index (κ1) is 37.9. The molecule has 0 amide bonds. The average Bonchev–Trinajstić information content (AvgIpc) is 3.50. The fourth-order valence-corrected chi connectivity index (χ4v) is 8.98. The first-order valence-corrected chi connectivity index (χ1v) is 21.1. The lowest BCUT2D eigenvalue weighted by Gasteiger charge is -2.34. The summed E-state index contributed by atoms with van der Waals surface area (Å²) in [6.45, 7) is 28.1. The number of para-hydroxylation sites is 2. The Labute approximate surface area is 345 Å². The van der Waals surface area contributed by atoms with Gasteiger partial charge in [0.05, 0.1) is 22.4 Å². The Kier molecular flexibility index (Phi) is 8.47. The molecule has 0 unspecified atom stereocenters. The molecule has 0 fully saturated rings. The number of fused-ring (bicyclic) bond motifs is 3. The van der Waals surface area contributed by atoms with Gasteiger partial charge >= 0.3 is 0 Å². The number of aromatic nitrogens is 1. The number of hydrogen-bond donors (Lipinski definition) is 0. The summed E-state index contributed by atoms with van der Waals surface area (Å²) < 4.78 is 2.47. The summed E-state index contributed by atoms with van der Waals surface area (Å²) in [6, 6.07) is 51.1. The van der Waals surface area contributed by atoms with Crippen molar-refractivity contribution in [3.63, 3.8) is 0 Å². The van der Waals surface area contributed by atoms with Crippen LogP contribution in [0.25, 0.3) is 59.8 Å². The summed E-state index contributed by atoms with van der Waals surface area (Å²) >= 11 is 0. The summed E-state index contributed by atoms with van der Waals surface area (Å²) in [6.07, 6.45) is 0. The van der Waals surface area contributed by atoms with Gasteiger partial charge in [0, 0.05) is 32.9 Å². The van der Waals surface area contributed by atoms with Gasteiger partial charge in [-0.25, -0.2) is 0 Å². The Morgan fingerprint density at radius 1 is 0.362 bits per heavy atom. The van der Waals surface area contributed by atoms with Crippen LogP contribution in [0.5, 0.6) is 0 Å². The van der Waals surface area contributed by atoms with Gasteiger partial charge in [0.15, 0.2) is 0 Å². The summed E-state index contributed by atoms with van der Waals surface area (Å²) in [5.74, 6) is 0. The number of benzene rings is 8. The maximum atomic E-state index is 2.58. The van der Waals surface area contributed by atoms with E-state index in [0.29, 0.717) is 0 Å². The molecule has 9 rings (SSSR count). The molecule has 0 aliphatic heterocycles. The molecule has 1 aromatic heterocycles.